The number of imidazole rings is 1. The van der Waals surface area contributed by atoms with Gasteiger partial charge in [-0.25, -0.2) is 4.98 Å². The SMILES string of the molecule is NC(=O)c1n[nH]nc1-c1cccc(Cn2ccnc2)c1. The van der Waals surface area contributed by atoms with Crippen LogP contribution < -0.4 is 5.73 Å². The van der Waals surface area contributed by atoms with E-state index >= 15 is 0 Å². The molecule has 0 saturated heterocycles. The predicted molar refractivity (Wildman–Crippen MR) is 71.7 cm³/mol. The maximum Gasteiger partial charge on any atom is 0.271 e. The van der Waals surface area contributed by atoms with Crippen LogP contribution in [0, 0.1) is 0 Å². The van der Waals surface area contributed by atoms with Gasteiger partial charge in [-0.15, -0.1) is 0 Å². The lowest BCUT2D eigenvalue weighted by atomic mass is 10.1. The number of nitrogens with zero attached hydrogens (tertiary/aromatic N) is 4. The highest BCUT2D eigenvalue weighted by molar-refractivity contribution is 5.96. The Kier molecular flexibility index (Phi) is 3.00. The number of primary amides is 1. The van der Waals surface area contributed by atoms with Crippen molar-refractivity contribution in [1.82, 2.24) is 25.0 Å². The average Bonchev–Trinajstić information content (AvgIpc) is 3.09. The fraction of sp³-hybridized carbons (Fsp3) is 0.0769. The molecule has 0 radical (unpaired) electrons. The molecule has 2 aromatic heterocycles. The normalized spacial score (nSPS) is 10.6. The summed E-state index contributed by atoms with van der Waals surface area (Å²) >= 11 is 0. The molecule has 100 valence electrons. The van der Waals surface area contributed by atoms with E-state index in [4.69, 9.17) is 5.73 Å². The molecule has 3 aromatic rings. The number of aromatic amines is 1. The second-order valence-corrected chi connectivity index (χ2v) is 4.32. The summed E-state index contributed by atoms with van der Waals surface area (Å²) in [7, 11) is 0. The lowest BCUT2D eigenvalue weighted by Crippen LogP contribution is -2.12. The molecule has 3 N–H and O–H groups in total. The Balaban J connectivity index is 1.95. The summed E-state index contributed by atoms with van der Waals surface area (Å²) in [6.07, 6.45) is 5.36. The molecule has 0 saturated carbocycles. The van der Waals surface area contributed by atoms with Crippen LogP contribution in [0.3, 0.4) is 0 Å². The first kappa shape index (κ1) is 12.1. The molecular weight excluding hydrogens is 256 g/mol. The van der Waals surface area contributed by atoms with E-state index in [0.29, 0.717) is 12.2 Å². The molecule has 2 heterocycles. The Morgan fingerprint density at radius 2 is 2.25 bits per heavy atom. The minimum atomic E-state index is -0.603. The minimum Gasteiger partial charge on any atom is -0.364 e. The number of rotatable bonds is 4. The third-order valence-electron chi connectivity index (χ3n) is 2.91. The molecule has 0 aliphatic heterocycles. The number of benzene rings is 1. The standard InChI is InChI=1S/C13H12N6O/c14-13(20)12-11(16-18-17-12)10-3-1-2-9(6-10)7-19-5-4-15-8-19/h1-6,8H,7H2,(H2,14,20)(H,16,17,18). The van der Waals surface area contributed by atoms with Crippen molar-refractivity contribution in [3.05, 3.63) is 54.2 Å². The van der Waals surface area contributed by atoms with Gasteiger partial charge in [-0.05, 0) is 11.6 Å². The lowest BCUT2D eigenvalue weighted by Gasteiger charge is -2.05. The van der Waals surface area contributed by atoms with E-state index < -0.39 is 5.91 Å². The number of carbonyl (C=O) groups excluding carboxylic acids is 1. The van der Waals surface area contributed by atoms with Crippen LogP contribution in [0.25, 0.3) is 11.3 Å². The lowest BCUT2D eigenvalue weighted by molar-refractivity contribution is 0.0996. The maximum absolute atomic E-state index is 11.3. The second kappa shape index (κ2) is 4.96. The maximum atomic E-state index is 11.3. The number of hydrogen-bond donors (Lipinski definition) is 2. The van der Waals surface area contributed by atoms with Crippen molar-refractivity contribution in [2.75, 3.05) is 0 Å². The van der Waals surface area contributed by atoms with Crippen LogP contribution in [0.15, 0.2) is 43.0 Å². The minimum absolute atomic E-state index is 0.143. The molecule has 0 aliphatic carbocycles. The number of nitrogens with two attached hydrogens (primary N) is 1. The molecule has 0 aliphatic rings. The Labute approximate surface area is 114 Å². The van der Waals surface area contributed by atoms with Crippen molar-refractivity contribution in [1.29, 1.82) is 0 Å². The fourth-order valence-electron chi connectivity index (χ4n) is 2.01. The zero-order valence-corrected chi connectivity index (χ0v) is 10.5. The van der Waals surface area contributed by atoms with Crippen molar-refractivity contribution < 1.29 is 4.79 Å². The number of H-pyrrole nitrogens is 1. The highest BCUT2D eigenvalue weighted by Crippen LogP contribution is 2.20. The van der Waals surface area contributed by atoms with Crippen molar-refractivity contribution in [3.63, 3.8) is 0 Å². The van der Waals surface area contributed by atoms with Crippen LogP contribution in [0.1, 0.15) is 16.1 Å². The molecule has 7 nitrogen and oxygen atoms in total. The monoisotopic (exact) mass is 268 g/mol. The first-order valence-corrected chi connectivity index (χ1v) is 5.99. The largest absolute Gasteiger partial charge is 0.364 e. The molecule has 0 unspecified atom stereocenters. The summed E-state index contributed by atoms with van der Waals surface area (Å²) in [6, 6.07) is 7.71. The summed E-state index contributed by atoms with van der Waals surface area (Å²) in [5.74, 6) is -0.603. The van der Waals surface area contributed by atoms with Crippen molar-refractivity contribution >= 4 is 5.91 Å². The van der Waals surface area contributed by atoms with Gasteiger partial charge in [0, 0.05) is 24.5 Å². The van der Waals surface area contributed by atoms with Gasteiger partial charge in [0.15, 0.2) is 5.69 Å². The average molecular weight is 268 g/mol. The summed E-state index contributed by atoms with van der Waals surface area (Å²) in [5, 5.41) is 10.2. The Morgan fingerprint density at radius 1 is 1.35 bits per heavy atom. The smallest absolute Gasteiger partial charge is 0.271 e. The number of aromatic nitrogens is 5. The third-order valence-corrected chi connectivity index (χ3v) is 2.91. The Hall–Kier alpha value is -2.96. The first-order chi connectivity index (χ1) is 9.74. The van der Waals surface area contributed by atoms with Gasteiger partial charge >= 0.3 is 0 Å². The number of nitrogens with one attached hydrogen (secondary N) is 1. The second-order valence-electron chi connectivity index (χ2n) is 4.32. The van der Waals surface area contributed by atoms with Gasteiger partial charge in [0.25, 0.3) is 5.91 Å². The van der Waals surface area contributed by atoms with E-state index in [1.54, 1.807) is 12.5 Å². The topological polar surface area (TPSA) is 102 Å². The Bertz CT molecular complexity index is 731. The molecule has 0 atom stereocenters. The van der Waals surface area contributed by atoms with E-state index in [1.165, 1.54) is 0 Å². The molecule has 7 heteroatoms. The van der Waals surface area contributed by atoms with E-state index in [2.05, 4.69) is 20.4 Å². The predicted octanol–water partition coefficient (Wildman–Crippen LogP) is 0.815. The third kappa shape index (κ3) is 2.28. The van der Waals surface area contributed by atoms with Gasteiger partial charge in [-0.2, -0.15) is 15.4 Å². The number of amides is 1. The molecule has 0 spiro atoms. The zero-order valence-electron chi connectivity index (χ0n) is 10.5. The van der Waals surface area contributed by atoms with Crippen LogP contribution >= 0.6 is 0 Å². The summed E-state index contributed by atoms with van der Waals surface area (Å²) < 4.78 is 1.96. The van der Waals surface area contributed by atoms with Crippen LogP contribution in [-0.2, 0) is 6.54 Å². The van der Waals surface area contributed by atoms with Gasteiger partial charge in [-0.3, -0.25) is 4.79 Å². The van der Waals surface area contributed by atoms with E-state index in [-0.39, 0.29) is 5.69 Å². The van der Waals surface area contributed by atoms with Gasteiger partial charge in [0.2, 0.25) is 0 Å². The van der Waals surface area contributed by atoms with E-state index in [9.17, 15) is 4.79 Å². The van der Waals surface area contributed by atoms with E-state index in [1.807, 2.05) is 35.0 Å². The number of carbonyl (C=O) groups is 1. The molecule has 3 rings (SSSR count). The van der Waals surface area contributed by atoms with Crippen molar-refractivity contribution in [3.8, 4) is 11.3 Å². The quantitative estimate of drug-likeness (QED) is 0.731. The van der Waals surface area contributed by atoms with Gasteiger partial charge in [0.05, 0.1) is 6.33 Å². The highest BCUT2D eigenvalue weighted by Gasteiger charge is 2.15. The summed E-state index contributed by atoms with van der Waals surface area (Å²) in [6.45, 7) is 0.692. The molecule has 20 heavy (non-hydrogen) atoms. The summed E-state index contributed by atoms with van der Waals surface area (Å²) in [5.41, 5.74) is 7.74. The van der Waals surface area contributed by atoms with Crippen LogP contribution in [-0.4, -0.2) is 30.9 Å². The van der Waals surface area contributed by atoms with Gasteiger partial charge in [-0.1, -0.05) is 18.2 Å². The summed E-state index contributed by atoms with van der Waals surface area (Å²) in [4.78, 5) is 15.3. The molecule has 1 aromatic carbocycles. The van der Waals surface area contributed by atoms with Gasteiger partial charge in [0.1, 0.15) is 5.69 Å². The number of hydrogen-bond acceptors (Lipinski definition) is 4. The van der Waals surface area contributed by atoms with E-state index in [0.717, 1.165) is 11.1 Å². The Morgan fingerprint density at radius 3 is 3.00 bits per heavy atom. The fourth-order valence-corrected chi connectivity index (χ4v) is 2.01. The molecule has 0 bridgehead atoms. The highest BCUT2D eigenvalue weighted by atomic mass is 16.1. The van der Waals surface area contributed by atoms with Crippen LogP contribution in [0.2, 0.25) is 0 Å². The first-order valence-electron chi connectivity index (χ1n) is 5.99. The van der Waals surface area contributed by atoms with Gasteiger partial charge < -0.3 is 10.3 Å². The molecule has 1 amide bonds. The molecular formula is C13H12N6O. The van der Waals surface area contributed by atoms with Crippen LogP contribution in [0.5, 0.6) is 0 Å². The molecule has 0 fully saturated rings. The van der Waals surface area contributed by atoms with Crippen molar-refractivity contribution in [2.24, 2.45) is 5.73 Å². The van der Waals surface area contributed by atoms with Crippen LogP contribution in [0.4, 0.5) is 0 Å². The van der Waals surface area contributed by atoms with Crippen molar-refractivity contribution in [2.45, 2.75) is 6.54 Å². The zero-order chi connectivity index (χ0) is 13.9.